The number of pyridine rings is 1. The van der Waals surface area contributed by atoms with Crippen LogP contribution in [0.5, 0.6) is 0 Å². The lowest BCUT2D eigenvalue weighted by atomic mass is 10.1. The van der Waals surface area contributed by atoms with E-state index in [0.29, 0.717) is 0 Å². The molecule has 0 spiro atoms. The second kappa shape index (κ2) is 7.02. The molecule has 0 N–H and O–H groups in total. The number of aromatic nitrogens is 2. The van der Waals surface area contributed by atoms with Crippen LogP contribution in [0.1, 0.15) is 12.0 Å². The van der Waals surface area contributed by atoms with Gasteiger partial charge in [0.1, 0.15) is 11.6 Å². The number of anilines is 2. The zero-order valence-corrected chi connectivity index (χ0v) is 16.5. The summed E-state index contributed by atoms with van der Waals surface area (Å²) in [5.41, 5.74) is 2.98. The summed E-state index contributed by atoms with van der Waals surface area (Å²) in [6.07, 6.45) is 1.05. The number of benzene rings is 2. The first-order valence-corrected chi connectivity index (χ1v) is 10.4. The van der Waals surface area contributed by atoms with E-state index < -0.39 is 0 Å². The van der Waals surface area contributed by atoms with Crippen molar-refractivity contribution in [1.29, 1.82) is 0 Å². The van der Waals surface area contributed by atoms with Gasteiger partial charge in [0.15, 0.2) is 5.13 Å². The van der Waals surface area contributed by atoms with E-state index in [1.54, 1.807) is 23.5 Å². The van der Waals surface area contributed by atoms with Crippen molar-refractivity contribution in [3.05, 3.63) is 59.9 Å². The third-order valence-electron chi connectivity index (χ3n) is 5.34. The number of aryl methyl sites for hydroxylation is 1. The Kier molecular flexibility index (Phi) is 4.36. The SMILES string of the molecule is Cc1cc(N2CCCN(c3nc4ccccc4s3)CC2)nc2ccc(F)cc12. The van der Waals surface area contributed by atoms with Gasteiger partial charge in [-0.15, -0.1) is 0 Å². The molecule has 2 aromatic heterocycles. The molecule has 1 aliphatic rings. The highest BCUT2D eigenvalue weighted by molar-refractivity contribution is 7.22. The average Bonchev–Trinajstić information content (AvgIpc) is 2.98. The number of para-hydroxylation sites is 1. The summed E-state index contributed by atoms with van der Waals surface area (Å²) in [6, 6.07) is 15.2. The molecule has 4 aromatic rings. The fraction of sp³-hybridized carbons (Fsp3) is 0.273. The molecule has 6 heteroatoms. The maximum absolute atomic E-state index is 13.6. The summed E-state index contributed by atoms with van der Waals surface area (Å²) in [6.45, 7) is 5.80. The summed E-state index contributed by atoms with van der Waals surface area (Å²) in [7, 11) is 0. The van der Waals surface area contributed by atoms with Gasteiger partial charge in [0, 0.05) is 31.6 Å². The summed E-state index contributed by atoms with van der Waals surface area (Å²) < 4.78 is 14.8. The normalized spacial score (nSPS) is 15.4. The number of halogens is 1. The molecule has 1 aliphatic heterocycles. The minimum atomic E-state index is -0.216. The number of fused-ring (bicyclic) bond motifs is 2. The number of nitrogens with zero attached hydrogens (tertiary/aromatic N) is 4. The Hall–Kier alpha value is -2.73. The highest BCUT2D eigenvalue weighted by atomic mass is 32.1. The van der Waals surface area contributed by atoms with Gasteiger partial charge in [-0.2, -0.15) is 0 Å². The minimum absolute atomic E-state index is 0.216. The van der Waals surface area contributed by atoms with E-state index in [1.807, 2.05) is 13.0 Å². The van der Waals surface area contributed by atoms with Gasteiger partial charge in [-0.05, 0) is 55.3 Å². The van der Waals surface area contributed by atoms with Gasteiger partial charge in [-0.25, -0.2) is 14.4 Å². The van der Waals surface area contributed by atoms with Gasteiger partial charge in [0.2, 0.25) is 0 Å². The lowest BCUT2D eigenvalue weighted by Gasteiger charge is -2.23. The predicted molar refractivity (Wildman–Crippen MR) is 115 cm³/mol. The first-order chi connectivity index (χ1) is 13.7. The van der Waals surface area contributed by atoms with Crippen molar-refractivity contribution in [3.63, 3.8) is 0 Å². The molecule has 0 aliphatic carbocycles. The van der Waals surface area contributed by atoms with Gasteiger partial charge in [-0.1, -0.05) is 23.5 Å². The molecule has 0 saturated carbocycles. The second-order valence-corrected chi connectivity index (χ2v) is 8.26. The predicted octanol–water partition coefficient (Wildman–Crippen LogP) is 5.01. The summed E-state index contributed by atoms with van der Waals surface area (Å²) >= 11 is 1.76. The van der Waals surface area contributed by atoms with Crippen LogP contribution in [0, 0.1) is 12.7 Å². The molecular formula is C22H21FN4S. The molecule has 2 aromatic carbocycles. The van der Waals surface area contributed by atoms with Crippen molar-refractivity contribution < 1.29 is 4.39 Å². The second-order valence-electron chi connectivity index (χ2n) is 7.25. The fourth-order valence-electron chi connectivity index (χ4n) is 3.84. The Morgan fingerprint density at radius 3 is 2.61 bits per heavy atom. The molecule has 1 saturated heterocycles. The average molecular weight is 393 g/mol. The smallest absolute Gasteiger partial charge is 0.186 e. The van der Waals surface area contributed by atoms with Crippen LogP contribution >= 0.6 is 11.3 Å². The number of rotatable bonds is 2. The molecule has 0 atom stereocenters. The van der Waals surface area contributed by atoms with Crippen LogP contribution < -0.4 is 9.80 Å². The Bertz CT molecular complexity index is 1120. The van der Waals surface area contributed by atoms with Crippen LogP contribution in [0.15, 0.2) is 48.5 Å². The van der Waals surface area contributed by atoms with Crippen LogP contribution in [-0.4, -0.2) is 36.1 Å². The summed E-state index contributed by atoms with van der Waals surface area (Å²) in [5, 5.41) is 1.98. The first kappa shape index (κ1) is 17.4. The zero-order valence-electron chi connectivity index (χ0n) is 15.7. The first-order valence-electron chi connectivity index (χ1n) is 9.60. The van der Waals surface area contributed by atoms with Crippen LogP contribution in [-0.2, 0) is 0 Å². The molecule has 28 heavy (non-hydrogen) atoms. The quantitative estimate of drug-likeness (QED) is 0.480. The largest absolute Gasteiger partial charge is 0.355 e. The molecule has 142 valence electrons. The molecule has 3 heterocycles. The summed E-state index contributed by atoms with van der Waals surface area (Å²) in [4.78, 5) is 14.3. The van der Waals surface area contributed by atoms with Crippen molar-refractivity contribution in [2.75, 3.05) is 36.0 Å². The lowest BCUT2D eigenvalue weighted by molar-refractivity contribution is 0.629. The topological polar surface area (TPSA) is 32.3 Å². The standard InChI is InChI=1S/C22H21FN4S/c1-15-13-21(24-18-8-7-16(23)14-17(15)18)26-9-4-10-27(12-11-26)22-25-19-5-2-3-6-20(19)28-22/h2-3,5-8,13-14H,4,9-12H2,1H3. The molecular weight excluding hydrogens is 371 g/mol. The molecule has 1 fully saturated rings. The van der Waals surface area contributed by atoms with Crippen molar-refractivity contribution in [3.8, 4) is 0 Å². The van der Waals surface area contributed by atoms with Crippen LogP contribution in [0.4, 0.5) is 15.3 Å². The highest BCUT2D eigenvalue weighted by Gasteiger charge is 2.19. The fourth-order valence-corrected chi connectivity index (χ4v) is 4.86. The maximum Gasteiger partial charge on any atom is 0.186 e. The lowest BCUT2D eigenvalue weighted by Crippen LogP contribution is -2.31. The van der Waals surface area contributed by atoms with Crippen molar-refractivity contribution in [2.24, 2.45) is 0 Å². The van der Waals surface area contributed by atoms with E-state index in [-0.39, 0.29) is 5.82 Å². The van der Waals surface area contributed by atoms with Gasteiger partial charge >= 0.3 is 0 Å². The number of hydrogen-bond acceptors (Lipinski definition) is 5. The third kappa shape index (κ3) is 3.18. The van der Waals surface area contributed by atoms with Crippen molar-refractivity contribution in [2.45, 2.75) is 13.3 Å². The molecule has 0 unspecified atom stereocenters. The molecule has 0 bridgehead atoms. The monoisotopic (exact) mass is 392 g/mol. The summed E-state index contributed by atoms with van der Waals surface area (Å²) in [5.74, 6) is 0.758. The van der Waals surface area contributed by atoms with E-state index in [2.05, 4.69) is 34.1 Å². The van der Waals surface area contributed by atoms with Crippen LogP contribution in [0.3, 0.4) is 0 Å². The van der Waals surface area contributed by atoms with Gasteiger partial charge in [-0.3, -0.25) is 0 Å². The van der Waals surface area contributed by atoms with Crippen LogP contribution in [0.2, 0.25) is 0 Å². The van der Waals surface area contributed by atoms with Gasteiger partial charge in [0.25, 0.3) is 0 Å². The van der Waals surface area contributed by atoms with E-state index in [4.69, 9.17) is 9.97 Å². The Balaban J connectivity index is 1.39. The van der Waals surface area contributed by atoms with E-state index in [9.17, 15) is 4.39 Å². The van der Waals surface area contributed by atoms with Gasteiger partial charge < -0.3 is 9.80 Å². The number of hydrogen-bond donors (Lipinski definition) is 0. The van der Waals surface area contributed by atoms with Crippen molar-refractivity contribution >= 4 is 43.4 Å². The number of thiazole rings is 1. The maximum atomic E-state index is 13.6. The van der Waals surface area contributed by atoms with E-state index >= 15 is 0 Å². The molecule has 0 amide bonds. The van der Waals surface area contributed by atoms with Crippen molar-refractivity contribution in [1.82, 2.24) is 9.97 Å². The van der Waals surface area contributed by atoms with Gasteiger partial charge in [0.05, 0.1) is 15.7 Å². The van der Waals surface area contributed by atoms with Crippen LogP contribution in [0.25, 0.3) is 21.1 Å². The Morgan fingerprint density at radius 1 is 0.893 bits per heavy atom. The zero-order chi connectivity index (χ0) is 19.1. The third-order valence-corrected chi connectivity index (χ3v) is 6.43. The van der Waals surface area contributed by atoms with E-state index in [0.717, 1.165) is 65.5 Å². The molecule has 4 nitrogen and oxygen atoms in total. The Morgan fingerprint density at radius 2 is 1.71 bits per heavy atom. The molecule has 0 radical (unpaired) electrons. The molecule has 5 rings (SSSR count). The minimum Gasteiger partial charge on any atom is -0.355 e. The van der Waals surface area contributed by atoms with E-state index in [1.165, 1.54) is 10.8 Å². The Labute approximate surface area is 167 Å². The highest BCUT2D eigenvalue weighted by Crippen LogP contribution is 2.30.